The minimum atomic E-state index is -1.10. The number of rotatable bonds is 3. The number of para-hydroxylation sites is 1. The van der Waals surface area contributed by atoms with E-state index in [1.54, 1.807) is 34.1 Å². The number of benzene rings is 2. The van der Waals surface area contributed by atoms with Crippen LogP contribution in [-0.2, 0) is 16.2 Å². The van der Waals surface area contributed by atoms with Crippen LogP contribution in [0.25, 0.3) is 0 Å². The van der Waals surface area contributed by atoms with Gasteiger partial charge >= 0.3 is 0 Å². The Bertz CT molecular complexity index is 1180. The van der Waals surface area contributed by atoms with Gasteiger partial charge in [0.05, 0.1) is 30.1 Å². The van der Waals surface area contributed by atoms with Crippen molar-refractivity contribution in [1.29, 1.82) is 5.26 Å². The van der Waals surface area contributed by atoms with E-state index in [2.05, 4.69) is 6.07 Å². The Kier molecular flexibility index (Phi) is 4.37. The fraction of sp³-hybridized carbons (Fsp3) is 0.174. The number of thioether (sulfide) groups is 1. The summed E-state index contributed by atoms with van der Waals surface area (Å²) in [5.74, 6) is 0.446. The number of amides is 2. The molecular weight excluding hydrogens is 398 g/mol. The number of nitriles is 1. The molecule has 0 saturated carbocycles. The molecule has 0 bridgehead atoms. The van der Waals surface area contributed by atoms with Gasteiger partial charge in [-0.25, -0.2) is 0 Å². The molecule has 3 heterocycles. The topological polar surface area (TPSA) is 77.5 Å². The quantitative estimate of drug-likeness (QED) is 0.651. The molecule has 7 heteroatoms. The second-order valence-electron chi connectivity index (χ2n) is 7.15. The average molecular weight is 415 g/mol. The van der Waals surface area contributed by atoms with Crippen molar-refractivity contribution in [2.24, 2.45) is 0 Å². The summed E-state index contributed by atoms with van der Waals surface area (Å²) in [5, 5.41) is 9.20. The molecule has 1 unspecified atom stereocenters. The van der Waals surface area contributed by atoms with Crippen molar-refractivity contribution in [3.05, 3.63) is 89.4 Å². The van der Waals surface area contributed by atoms with Crippen molar-refractivity contribution in [3.63, 3.8) is 0 Å². The molecule has 2 amide bonds. The summed E-state index contributed by atoms with van der Waals surface area (Å²) in [6.45, 7) is 0.790. The zero-order chi connectivity index (χ0) is 20.7. The van der Waals surface area contributed by atoms with Crippen LogP contribution in [0, 0.1) is 11.3 Å². The standard InChI is InChI=1S/C23H17N3O3S/c24-14-16-5-3-6-17(13-16)15-25-19-8-2-1-7-18(19)23(22(25)28)26(10-12-30-23)21(27)20-9-4-11-29-20/h1-9,11,13H,10,12,15H2. The minimum Gasteiger partial charge on any atom is -0.459 e. The van der Waals surface area contributed by atoms with E-state index < -0.39 is 4.87 Å². The first-order valence-corrected chi connectivity index (χ1v) is 10.5. The number of hydrogen-bond donors (Lipinski definition) is 0. The molecule has 3 aromatic rings. The van der Waals surface area contributed by atoms with Gasteiger partial charge in [-0.2, -0.15) is 5.26 Å². The fourth-order valence-electron chi connectivity index (χ4n) is 4.18. The molecule has 148 valence electrons. The van der Waals surface area contributed by atoms with E-state index in [-0.39, 0.29) is 17.6 Å². The molecule has 0 aliphatic carbocycles. The number of fused-ring (bicyclic) bond motifs is 2. The number of carbonyl (C=O) groups is 2. The minimum absolute atomic E-state index is 0.145. The van der Waals surface area contributed by atoms with E-state index in [0.29, 0.717) is 24.4 Å². The van der Waals surface area contributed by atoms with Crippen LogP contribution in [0.3, 0.4) is 0 Å². The van der Waals surface area contributed by atoms with Crippen molar-refractivity contribution in [2.45, 2.75) is 11.4 Å². The zero-order valence-corrected chi connectivity index (χ0v) is 16.8. The lowest BCUT2D eigenvalue weighted by Crippen LogP contribution is -2.50. The zero-order valence-electron chi connectivity index (χ0n) is 15.9. The number of nitrogens with zero attached hydrogens (tertiary/aromatic N) is 3. The van der Waals surface area contributed by atoms with Gasteiger partial charge < -0.3 is 14.2 Å². The molecule has 5 rings (SSSR count). The summed E-state index contributed by atoms with van der Waals surface area (Å²) in [4.78, 5) is 29.3. The van der Waals surface area contributed by atoms with Crippen LogP contribution in [0.15, 0.2) is 71.3 Å². The second kappa shape index (κ2) is 7.08. The predicted molar refractivity (Wildman–Crippen MR) is 113 cm³/mol. The lowest BCUT2D eigenvalue weighted by molar-refractivity contribution is -0.123. The fourth-order valence-corrected chi connectivity index (χ4v) is 5.64. The second-order valence-corrected chi connectivity index (χ2v) is 8.43. The van der Waals surface area contributed by atoms with Crippen LogP contribution >= 0.6 is 11.8 Å². The maximum absolute atomic E-state index is 13.8. The maximum Gasteiger partial charge on any atom is 0.291 e. The van der Waals surface area contributed by atoms with Crippen molar-refractivity contribution in [2.75, 3.05) is 17.2 Å². The smallest absolute Gasteiger partial charge is 0.291 e. The molecule has 1 fully saturated rings. The van der Waals surface area contributed by atoms with E-state index in [1.807, 2.05) is 36.4 Å². The van der Waals surface area contributed by atoms with E-state index in [0.717, 1.165) is 16.8 Å². The largest absolute Gasteiger partial charge is 0.459 e. The van der Waals surface area contributed by atoms with Crippen LogP contribution in [0.5, 0.6) is 0 Å². The Balaban J connectivity index is 1.58. The van der Waals surface area contributed by atoms with Gasteiger partial charge in [-0.1, -0.05) is 30.3 Å². The highest BCUT2D eigenvalue weighted by Gasteiger charge is 2.59. The van der Waals surface area contributed by atoms with Crippen LogP contribution in [-0.4, -0.2) is 29.0 Å². The van der Waals surface area contributed by atoms with Crippen LogP contribution in [0.1, 0.15) is 27.2 Å². The van der Waals surface area contributed by atoms with Gasteiger partial charge in [-0.05, 0) is 35.9 Å². The summed E-state index contributed by atoms with van der Waals surface area (Å²) in [6, 6.07) is 20.3. The molecule has 0 N–H and O–H groups in total. The normalized spacial score (nSPS) is 19.9. The van der Waals surface area contributed by atoms with Gasteiger partial charge in [0.2, 0.25) is 0 Å². The molecule has 2 aromatic carbocycles. The van der Waals surface area contributed by atoms with E-state index >= 15 is 0 Å². The SMILES string of the molecule is N#Cc1cccc(CN2C(=O)C3(SCCN3C(=O)c3ccco3)c3ccccc32)c1. The summed E-state index contributed by atoms with van der Waals surface area (Å²) in [5.41, 5.74) is 3.01. The molecule has 1 atom stereocenters. The Labute approximate surface area is 177 Å². The third-order valence-electron chi connectivity index (χ3n) is 5.47. The van der Waals surface area contributed by atoms with E-state index in [1.165, 1.54) is 18.0 Å². The maximum atomic E-state index is 13.8. The third kappa shape index (κ3) is 2.65. The summed E-state index contributed by atoms with van der Waals surface area (Å²) >= 11 is 1.48. The number of hydrogen-bond acceptors (Lipinski definition) is 5. The monoisotopic (exact) mass is 415 g/mol. The summed E-state index contributed by atoms with van der Waals surface area (Å²) < 4.78 is 5.33. The third-order valence-corrected chi connectivity index (χ3v) is 6.89. The first-order valence-electron chi connectivity index (χ1n) is 9.55. The molecule has 1 aromatic heterocycles. The van der Waals surface area contributed by atoms with Crippen molar-refractivity contribution in [3.8, 4) is 6.07 Å². The lowest BCUT2D eigenvalue weighted by atomic mass is 10.1. The van der Waals surface area contributed by atoms with Gasteiger partial charge in [0, 0.05) is 17.9 Å². The number of furan rings is 1. The number of carbonyl (C=O) groups excluding carboxylic acids is 2. The first kappa shape index (κ1) is 18.5. The molecule has 30 heavy (non-hydrogen) atoms. The molecular formula is C23H17N3O3S. The van der Waals surface area contributed by atoms with Gasteiger partial charge in [-0.3, -0.25) is 9.59 Å². The Morgan fingerprint density at radius 2 is 2.03 bits per heavy atom. The van der Waals surface area contributed by atoms with Crippen molar-refractivity contribution in [1.82, 2.24) is 4.90 Å². The van der Waals surface area contributed by atoms with Crippen LogP contribution < -0.4 is 4.90 Å². The molecule has 2 aliphatic heterocycles. The molecule has 0 radical (unpaired) electrons. The molecule has 1 spiro atoms. The highest BCUT2D eigenvalue weighted by molar-refractivity contribution is 8.01. The Hall–Kier alpha value is -3.50. The van der Waals surface area contributed by atoms with E-state index in [9.17, 15) is 14.9 Å². The van der Waals surface area contributed by atoms with Gasteiger partial charge in [0.25, 0.3) is 11.8 Å². The molecule has 2 aliphatic rings. The van der Waals surface area contributed by atoms with Crippen LogP contribution in [0.2, 0.25) is 0 Å². The Morgan fingerprint density at radius 1 is 1.17 bits per heavy atom. The summed E-state index contributed by atoms with van der Waals surface area (Å²) in [6.07, 6.45) is 1.46. The van der Waals surface area contributed by atoms with Crippen molar-refractivity contribution < 1.29 is 14.0 Å². The summed E-state index contributed by atoms with van der Waals surface area (Å²) in [7, 11) is 0. The lowest BCUT2D eigenvalue weighted by Gasteiger charge is -2.32. The van der Waals surface area contributed by atoms with E-state index in [4.69, 9.17) is 4.42 Å². The predicted octanol–water partition coefficient (Wildman–Crippen LogP) is 3.74. The molecule has 6 nitrogen and oxygen atoms in total. The Morgan fingerprint density at radius 3 is 2.83 bits per heavy atom. The van der Waals surface area contributed by atoms with Crippen molar-refractivity contribution >= 4 is 29.3 Å². The highest BCUT2D eigenvalue weighted by Crippen LogP contribution is 2.54. The number of anilines is 1. The molecule has 1 saturated heterocycles. The van der Waals surface area contributed by atoms with Gasteiger partial charge in [-0.15, -0.1) is 11.8 Å². The van der Waals surface area contributed by atoms with Crippen LogP contribution in [0.4, 0.5) is 5.69 Å². The highest BCUT2D eigenvalue weighted by atomic mass is 32.2. The first-order chi connectivity index (χ1) is 14.6. The average Bonchev–Trinajstić information content (AvgIpc) is 3.51. The van der Waals surface area contributed by atoms with Gasteiger partial charge in [0.1, 0.15) is 0 Å². The van der Waals surface area contributed by atoms with Gasteiger partial charge in [0.15, 0.2) is 10.6 Å².